The molecule has 0 amide bonds. The van der Waals surface area contributed by atoms with Crippen molar-refractivity contribution in [1.29, 1.82) is 0 Å². The van der Waals surface area contributed by atoms with Crippen molar-refractivity contribution in [2.24, 2.45) is 0 Å². The Morgan fingerprint density at radius 3 is 2.50 bits per heavy atom. The first-order valence-electron chi connectivity index (χ1n) is 7.11. The van der Waals surface area contributed by atoms with E-state index in [1.54, 1.807) is 11.8 Å². The molecule has 1 aromatic carbocycles. The summed E-state index contributed by atoms with van der Waals surface area (Å²) >= 11 is 1.79. The number of benzene rings is 1. The van der Waals surface area contributed by atoms with Gasteiger partial charge in [-0.05, 0) is 37.4 Å². The molecular weight excluding hydrogens is 266 g/mol. The number of hydrogen-bond donors (Lipinski definition) is 0. The number of imidazole rings is 1. The van der Waals surface area contributed by atoms with Crippen molar-refractivity contribution in [3.63, 3.8) is 0 Å². The summed E-state index contributed by atoms with van der Waals surface area (Å²) in [6.07, 6.45) is 6.00. The molecule has 3 nitrogen and oxygen atoms in total. The summed E-state index contributed by atoms with van der Waals surface area (Å²) in [7, 11) is 0. The van der Waals surface area contributed by atoms with Gasteiger partial charge in [0.1, 0.15) is 0 Å². The van der Waals surface area contributed by atoms with E-state index in [1.807, 2.05) is 12.5 Å². The summed E-state index contributed by atoms with van der Waals surface area (Å²) in [6.45, 7) is 8.33. The van der Waals surface area contributed by atoms with Gasteiger partial charge in [-0.1, -0.05) is 19.1 Å². The molecule has 0 saturated carbocycles. The van der Waals surface area contributed by atoms with Gasteiger partial charge in [0.25, 0.3) is 0 Å². The van der Waals surface area contributed by atoms with Gasteiger partial charge in [-0.2, -0.15) is 0 Å². The number of hydrogen-bond acceptors (Lipinski definition) is 3. The van der Waals surface area contributed by atoms with Crippen LogP contribution in [-0.4, -0.2) is 27.3 Å². The minimum atomic E-state index is 0.953. The van der Waals surface area contributed by atoms with Gasteiger partial charge in [-0.15, -0.1) is 11.8 Å². The topological polar surface area (TPSA) is 21.1 Å². The van der Waals surface area contributed by atoms with E-state index >= 15 is 0 Å². The van der Waals surface area contributed by atoms with Crippen LogP contribution in [0.2, 0.25) is 0 Å². The molecule has 108 valence electrons. The average Bonchev–Trinajstić information content (AvgIpc) is 2.94. The largest absolute Gasteiger partial charge is 0.334 e. The van der Waals surface area contributed by atoms with E-state index < -0.39 is 0 Å². The lowest BCUT2D eigenvalue weighted by Gasteiger charge is -2.21. The summed E-state index contributed by atoms with van der Waals surface area (Å²) in [6, 6.07) is 8.85. The van der Waals surface area contributed by atoms with Crippen LogP contribution in [-0.2, 0) is 19.6 Å². The van der Waals surface area contributed by atoms with Gasteiger partial charge in [0, 0.05) is 30.7 Å². The fourth-order valence-corrected chi connectivity index (χ4v) is 2.67. The van der Waals surface area contributed by atoms with Crippen LogP contribution in [0.25, 0.3) is 0 Å². The van der Waals surface area contributed by atoms with Gasteiger partial charge in [0.15, 0.2) is 0 Å². The molecule has 1 heterocycles. The molecule has 0 aliphatic heterocycles. The van der Waals surface area contributed by atoms with Gasteiger partial charge in [-0.3, -0.25) is 4.90 Å². The standard InChI is InChI=1S/C16H23N3S/c1-4-18(12-15-10-17-13-19(15)5-2)11-14-6-8-16(20-3)9-7-14/h6-10,13H,4-5,11-12H2,1-3H3. The highest BCUT2D eigenvalue weighted by Crippen LogP contribution is 2.16. The number of aryl methyl sites for hydroxylation is 1. The highest BCUT2D eigenvalue weighted by molar-refractivity contribution is 7.98. The van der Waals surface area contributed by atoms with Crippen molar-refractivity contribution in [1.82, 2.24) is 14.5 Å². The molecule has 0 atom stereocenters. The Balaban J connectivity index is 2.01. The summed E-state index contributed by atoms with van der Waals surface area (Å²) in [4.78, 5) is 8.01. The van der Waals surface area contributed by atoms with Crippen molar-refractivity contribution >= 4 is 11.8 Å². The third kappa shape index (κ3) is 3.87. The molecule has 1 aromatic heterocycles. The first-order chi connectivity index (χ1) is 9.76. The molecule has 0 N–H and O–H groups in total. The molecule has 20 heavy (non-hydrogen) atoms. The molecule has 0 radical (unpaired) electrons. The molecule has 0 unspecified atom stereocenters. The van der Waals surface area contributed by atoms with Crippen molar-refractivity contribution in [3.05, 3.63) is 48.0 Å². The minimum Gasteiger partial charge on any atom is -0.334 e. The van der Waals surface area contributed by atoms with E-state index in [0.29, 0.717) is 0 Å². The Labute approximate surface area is 126 Å². The minimum absolute atomic E-state index is 0.953. The normalized spacial score (nSPS) is 11.2. The molecule has 0 fully saturated rings. The maximum atomic E-state index is 4.24. The molecule has 2 aromatic rings. The van der Waals surface area contributed by atoms with Crippen LogP contribution in [0.15, 0.2) is 41.7 Å². The second-order valence-electron chi connectivity index (χ2n) is 4.82. The van der Waals surface area contributed by atoms with Gasteiger partial charge in [-0.25, -0.2) is 4.98 Å². The maximum Gasteiger partial charge on any atom is 0.0948 e. The summed E-state index contributed by atoms with van der Waals surface area (Å²) in [5, 5.41) is 0. The smallest absolute Gasteiger partial charge is 0.0948 e. The fourth-order valence-electron chi connectivity index (χ4n) is 2.26. The van der Waals surface area contributed by atoms with Crippen LogP contribution < -0.4 is 0 Å². The van der Waals surface area contributed by atoms with Crippen LogP contribution in [0.3, 0.4) is 0 Å². The SMILES string of the molecule is CCN(Cc1ccc(SC)cc1)Cc1cncn1CC. The summed E-state index contributed by atoms with van der Waals surface area (Å²) in [5.41, 5.74) is 2.65. The van der Waals surface area contributed by atoms with Crippen LogP contribution in [0.5, 0.6) is 0 Å². The fraction of sp³-hybridized carbons (Fsp3) is 0.438. The van der Waals surface area contributed by atoms with Crippen LogP contribution in [0.1, 0.15) is 25.1 Å². The van der Waals surface area contributed by atoms with Gasteiger partial charge in [0.05, 0.1) is 12.0 Å². The number of nitrogens with zero attached hydrogens (tertiary/aromatic N) is 3. The van der Waals surface area contributed by atoms with Crippen LogP contribution >= 0.6 is 11.8 Å². The third-order valence-corrected chi connectivity index (χ3v) is 4.28. The van der Waals surface area contributed by atoms with E-state index in [-0.39, 0.29) is 0 Å². The highest BCUT2D eigenvalue weighted by Gasteiger charge is 2.08. The molecule has 4 heteroatoms. The Morgan fingerprint density at radius 1 is 1.15 bits per heavy atom. The lowest BCUT2D eigenvalue weighted by molar-refractivity contribution is 0.264. The molecule has 0 saturated heterocycles. The lowest BCUT2D eigenvalue weighted by atomic mass is 10.2. The van der Waals surface area contributed by atoms with Gasteiger partial charge < -0.3 is 4.57 Å². The monoisotopic (exact) mass is 289 g/mol. The van der Waals surface area contributed by atoms with Crippen LogP contribution in [0, 0.1) is 0 Å². The second-order valence-corrected chi connectivity index (χ2v) is 5.70. The van der Waals surface area contributed by atoms with E-state index in [9.17, 15) is 0 Å². The first-order valence-corrected chi connectivity index (χ1v) is 8.33. The Kier molecular flexibility index (Phi) is 5.68. The molecule has 0 bridgehead atoms. The predicted octanol–water partition coefficient (Wildman–Crippen LogP) is 3.65. The lowest BCUT2D eigenvalue weighted by Crippen LogP contribution is -2.23. The zero-order chi connectivity index (χ0) is 14.4. The van der Waals surface area contributed by atoms with Crippen LogP contribution in [0.4, 0.5) is 0 Å². The Morgan fingerprint density at radius 2 is 1.90 bits per heavy atom. The maximum absolute atomic E-state index is 4.24. The Bertz CT molecular complexity index is 519. The first kappa shape index (κ1) is 15.1. The highest BCUT2D eigenvalue weighted by atomic mass is 32.2. The molecular formula is C16H23N3S. The van der Waals surface area contributed by atoms with E-state index in [2.05, 4.69) is 58.8 Å². The Hall–Kier alpha value is -1.26. The van der Waals surface area contributed by atoms with Crippen molar-refractivity contribution in [2.45, 2.75) is 38.4 Å². The predicted molar refractivity (Wildman–Crippen MR) is 85.9 cm³/mol. The molecule has 0 spiro atoms. The number of aromatic nitrogens is 2. The van der Waals surface area contributed by atoms with E-state index in [1.165, 1.54) is 16.2 Å². The van der Waals surface area contributed by atoms with Crippen molar-refractivity contribution in [3.8, 4) is 0 Å². The molecule has 0 aliphatic rings. The third-order valence-electron chi connectivity index (χ3n) is 3.54. The average molecular weight is 289 g/mol. The summed E-state index contributed by atoms with van der Waals surface area (Å²) in [5.74, 6) is 0. The number of thioether (sulfide) groups is 1. The zero-order valence-electron chi connectivity index (χ0n) is 12.5. The van der Waals surface area contributed by atoms with Gasteiger partial charge >= 0.3 is 0 Å². The number of rotatable bonds is 7. The zero-order valence-corrected chi connectivity index (χ0v) is 13.4. The van der Waals surface area contributed by atoms with Crippen molar-refractivity contribution < 1.29 is 0 Å². The van der Waals surface area contributed by atoms with Crippen molar-refractivity contribution in [2.75, 3.05) is 12.8 Å². The summed E-state index contributed by atoms with van der Waals surface area (Å²) < 4.78 is 2.21. The molecule has 0 aliphatic carbocycles. The quantitative estimate of drug-likeness (QED) is 0.726. The van der Waals surface area contributed by atoms with Gasteiger partial charge in [0.2, 0.25) is 0 Å². The molecule has 2 rings (SSSR count). The second kappa shape index (κ2) is 7.50. The van der Waals surface area contributed by atoms with E-state index in [0.717, 1.165) is 26.2 Å². The van der Waals surface area contributed by atoms with E-state index in [4.69, 9.17) is 0 Å².